The Kier molecular flexibility index (Phi) is 6.68. The number of hydrogen-bond acceptors (Lipinski definition) is 7. The molecule has 0 bridgehead atoms. The number of carbonyl (C=O) groups excluding carboxylic acids is 1. The third-order valence-corrected chi connectivity index (χ3v) is 5.06. The zero-order valence-corrected chi connectivity index (χ0v) is 16.7. The van der Waals surface area contributed by atoms with Crippen LogP contribution in [-0.4, -0.2) is 62.9 Å². The van der Waals surface area contributed by atoms with E-state index in [1.807, 2.05) is 42.5 Å². The molecule has 1 amide bonds. The minimum absolute atomic E-state index is 0.0290. The fraction of sp³-hybridized carbons (Fsp3) is 0.409. The molecule has 2 aromatic carbocycles. The number of benzene rings is 2. The zero-order valence-electron chi connectivity index (χ0n) is 16.7. The zero-order chi connectivity index (χ0) is 20.8. The monoisotopic (exact) mass is 414 g/mol. The van der Waals surface area contributed by atoms with Crippen LogP contribution >= 0.6 is 0 Å². The Bertz CT molecular complexity index is 841. The largest absolute Gasteiger partial charge is 0.489 e. The van der Waals surface area contributed by atoms with Gasteiger partial charge in [0.1, 0.15) is 31.2 Å². The lowest BCUT2D eigenvalue weighted by atomic mass is 10.2. The molecule has 8 heteroatoms. The fourth-order valence-electron chi connectivity index (χ4n) is 3.28. The van der Waals surface area contributed by atoms with Crippen LogP contribution in [0.15, 0.2) is 48.5 Å². The first kappa shape index (κ1) is 20.5. The number of amides is 1. The van der Waals surface area contributed by atoms with E-state index < -0.39 is 6.09 Å². The molecule has 0 spiro atoms. The Hall–Kier alpha value is -2.81. The number of hydrogen-bond donors (Lipinski definition) is 2. The molecule has 2 atom stereocenters. The van der Waals surface area contributed by atoms with Crippen molar-refractivity contribution in [3.8, 4) is 5.75 Å². The van der Waals surface area contributed by atoms with E-state index >= 15 is 0 Å². The summed E-state index contributed by atoms with van der Waals surface area (Å²) in [5.74, 6) is 0.530. The van der Waals surface area contributed by atoms with Crippen molar-refractivity contribution in [3.05, 3.63) is 54.1 Å². The van der Waals surface area contributed by atoms with Crippen molar-refractivity contribution in [1.82, 2.24) is 0 Å². The van der Waals surface area contributed by atoms with E-state index in [9.17, 15) is 4.79 Å². The molecule has 30 heavy (non-hydrogen) atoms. The van der Waals surface area contributed by atoms with E-state index in [-0.39, 0.29) is 25.4 Å². The predicted molar refractivity (Wildman–Crippen MR) is 111 cm³/mol. The van der Waals surface area contributed by atoms with Crippen LogP contribution in [0, 0.1) is 0 Å². The van der Waals surface area contributed by atoms with Crippen LogP contribution < -0.4 is 15.0 Å². The lowest BCUT2D eigenvalue weighted by Crippen LogP contribution is -2.36. The Labute approximate surface area is 175 Å². The number of aliphatic hydroxyl groups excluding tert-OH is 1. The second kappa shape index (κ2) is 9.80. The number of carbonyl (C=O) groups is 1. The SMILES string of the molecule is O=C(Nc1ccc(N2CCOCC2)cc1OC[C@H]1O[C@H]1CO)OCc1ccccc1. The molecule has 2 saturated heterocycles. The van der Waals surface area contributed by atoms with Gasteiger partial charge in [-0.1, -0.05) is 30.3 Å². The lowest BCUT2D eigenvalue weighted by Gasteiger charge is -2.29. The fourth-order valence-corrected chi connectivity index (χ4v) is 3.28. The van der Waals surface area contributed by atoms with E-state index in [0.29, 0.717) is 31.3 Å². The smallest absolute Gasteiger partial charge is 0.412 e. The normalized spacial score (nSPS) is 20.5. The molecular formula is C22H26N2O6. The van der Waals surface area contributed by atoms with Gasteiger partial charge in [-0.05, 0) is 17.7 Å². The molecular weight excluding hydrogens is 388 g/mol. The number of anilines is 2. The van der Waals surface area contributed by atoms with Gasteiger partial charge in [0.05, 0.1) is 25.5 Å². The van der Waals surface area contributed by atoms with E-state index in [4.69, 9.17) is 24.1 Å². The Morgan fingerprint density at radius 2 is 1.93 bits per heavy atom. The van der Waals surface area contributed by atoms with Crippen LogP contribution in [0.4, 0.5) is 16.2 Å². The molecule has 0 radical (unpaired) electrons. The molecule has 0 aliphatic carbocycles. The molecule has 2 aliphatic rings. The summed E-state index contributed by atoms with van der Waals surface area (Å²) >= 11 is 0. The third kappa shape index (κ3) is 5.41. The summed E-state index contributed by atoms with van der Waals surface area (Å²) in [6.07, 6.45) is -0.877. The number of ether oxygens (including phenoxy) is 4. The van der Waals surface area contributed by atoms with E-state index in [2.05, 4.69) is 10.2 Å². The minimum Gasteiger partial charge on any atom is -0.489 e. The number of rotatable bonds is 8. The summed E-state index contributed by atoms with van der Waals surface area (Å²) in [7, 11) is 0. The highest BCUT2D eigenvalue weighted by atomic mass is 16.6. The molecule has 4 rings (SSSR count). The average Bonchev–Trinajstić information content (AvgIpc) is 3.57. The van der Waals surface area contributed by atoms with Gasteiger partial charge in [0.25, 0.3) is 0 Å². The van der Waals surface area contributed by atoms with Gasteiger partial charge in [0.2, 0.25) is 0 Å². The second-order valence-corrected chi connectivity index (χ2v) is 7.17. The van der Waals surface area contributed by atoms with E-state index in [0.717, 1.165) is 24.3 Å². The van der Waals surface area contributed by atoms with Crippen molar-refractivity contribution in [2.45, 2.75) is 18.8 Å². The Balaban J connectivity index is 1.42. The van der Waals surface area contributed by atoms with Crippen LogP contribution in [0.3, 0.4) is 0 Å². The van der Waals surface area contributed by atoms with Crippen molar-refractivity contribution < 1.29 is 28.8 Å². The topological polar surface area (TPSA) is 92.8 Å². The summed E-state index contributed by atoms with van der Waals surface area (Å²) in [4.78, 5) is 14.5. The molecule has 2 aliphatic heterocycles. The number of morpholine rings is 1. The number of epoxide rings is 1. The first-order valence-corrected chi connectivity index (χ1v) is 10.1. The first-order valence-electron chi connectivity index (χ1n) is 10.1. The Morgan fingerprint density at radius 1 is 1.13 bits per heavy atom. The standard InChI is InChI=1S/C22H26N2O6/c25-13-20-21(30-20)15-28-19-12-17(24-8-10-27-11-9-24)6-7-18(19)23-22(26)29-14-16-4-2-1-3-5-16/h1-7,12,20-21,25H,8-11,13-15H2,(H,23,26)/t20-,21+/m0/s1. The average molecular weight is 414 g/mol. The van der Waals surface area contributed by atoms with Crippen LogP contribution in [-0.2, 0) is 20.8 Å². The van der Waals surface area contributed by atoms with Crippen molar-refractivity contribution in [3.63, 3.8) is 0 Å². The highest BCUT2D eigenvalue weighted by molar-refractivity contribution is 5.87. The maximum absolute atomic E-state index is 12.3. The number of nitrogens with one attached hydrogen (secondary N) is 1. The van der Waals surface area contributed by atoms with Crippen LogP contribution in [0.25, 0.3) is 0 Å². The van der Waals surface area contributed by atoms with Gasteiger partial charge in [-0.2, -0.15) is 0 Å². The summed E-state index contributed by atoms with van der Waals surface area (Å²) in [6.45, 7) is 3.40. The summed E-state index contributed by atoms with van der Waals surface area (Å²) in [5, 5.41) is 11.9. The minimum atomic E-state index is -0.557. The molecule has 8 nitrogen and oxygen atoms in total. The van der Waals surface area contributed by atoms with E-state index in [1.54, 1.807) is 6.07 Å². The first-order chi connectivity index (χ1) is 14.7. The van der Waals surface area contributed by atoms with Crippen LogP contribution in [0.5, 0.6) is 5.75 Å². The highest BCUT2D eigenvalue weighted by Crippen LogP contribution is 2.32. The van der Waals surface area contributed by atoms with Crippen molar-refractivity contribution in [2.24, 2.45) is 0 Å². The molecule has 2 aromatic rings. The highest BCUT2D eigenvalue weighted by Gasteiger charge is 2.38. The lowest BCUT2D eigenvalue weighted by molar-refractivity contribution is 0.122. The third-order valence-electron chi connectivity index (χ3n) is 5.06. The molecule has 0 unspecified atom stereocenters. The van der Waals surface area contributed by atoms with Gasteiger partial charge in [-0.25, -0.2) is 4.79 Å². The molecule has 0 saturated carbocycles. The van der Waals surface area contributed by atoms with Gasteiger partial charge in [0.15, 0.2) is 0 Å². The maximum Gasteiger partial charge on any atom is 0.412 e. The van der Waals surface area contributed by atoms with Crippen molar-refractivity contribution in [1.29, 1.82) is 0 Å². The Morgan fingerprint density at radius 3 is 2.67 bits per heavy atom. The molecule has 2 fully saturated rings. The van der Waals surface area contributed by atoms with Gasteiger partial charge in [0, 0.05) is 24.8 Å². The predicted octanol–water partition coefficient (Wildman–Crippen LogP) is 2.41. The summed E-state index contributed by atoms with van der Waals surface area (Å²) in [5.41, 5.74) is 2.42. The molecule has 160 valence electrons. The van der Waals surface area contributed by atoms with E-state index in [1.165, 1.54) is 0 Å². The molecule has 2 heterocycles. The number of aliphatic hydroxyl groups is 1. The summed E-state index contributed by atoms with van der Waals surface area (Å²) in [6, 6.07) is 15.1. The van der Waals surface area contributed by atoms with Gasteiger partial charge < -0.3 is 29.0 Å². The van der Waals surface area contributed by atoms with Crippen molar-refractivity contribution in [2.75, 3.05) is 49.7 Å². The van der Waals surface area contributed by atoms with Gasteiger partial charge in [-0.15, -0.1) is 0 Å². The summed E-state index contributed by atoms with van der Waals surface area (Å²) < 4.78 is 22.0. The maximum atomic E-state index is 12.3. The number of nitrogens with zero attached hydrogens (tertiary/aromatic N) is 1. The van der Waals surface area contributed by atoms with Gasteiger partial charge >= 0.3 is 6.09 Å². The van der Waals surface area contributed by atoms with Crippen LogP contribution in [0.1, 0.15) is 5.56 Å². The van der Waals surface area contributed by atoms with Gasteiger partial charge in [-0.3, -0.25) is 5.32 Å². The van der Waals surface area contributed by atoms with Crippen LogP contribution in [0.2, 0.25) is 0 Å². The molecule has 0 aromatic heterocycles. The second-order valence-electron chi connectivity index (χ2n) is 7.17. The quantitative estimate of drug-likeness (QED) is 0.641. The van der Waals surface area contributed by atoms with Crippen molar-refractivity contribution >= 4 is 17.5 Å². The molecule has 2 N–H and O–H groups in total.